The van der Waals surface area contributed by atoms with Gasteiger partial charge in [0.15, 0.2) is 0 Å². The molecule has 0 heterocycles. The van der Waals surface area contributed by atoms with Crippen LogP contribution in [0, 0.1) is 17.2 Å². The first-order chi connectivity index (χ1) is 11.0. The average molecular weight is 317 g/mol. The number of carbonyl (C=O) groups is 3. The lowest BCUT2D eigenvalue weighted by molar-refractivity contribution is -0.146. The lowest BCUT2D eigenvalue weighted by Crippen LogP contribution is -2.49. The number of esters is 1. The maximum Gasteiger partial charge on any atom is 0.328 e. The van der Waals surface area contributed by atoms with Gasteiger partial charge in [0, 0.05) is 17.9 Å². The number of ether oxygens (including phenoxy) is 1. The third-order valence-electron chi connectivity index (χ3n) is 3.20. The Morgan fingerprint density at radius 1 is 1.26 bits per heavy atom. The van der Waals surface area contributed by atoms with Crippen molar-refractivity contribution < 1.29 is 19.1 Å². The first-order valence-electron chi connectivity index (χ1n) is 7.07. The Balaban J connectivity index is 2.57. The van der Waals surface area contributed by atoms with Crippen LogP contribution in [0.25, 0.3) is 0 Å². The molecule has 2 atom stereocenters. The molecule has 0 spiro atoms. The van der Waals surface area contributed by atoms with Crippen molar-refractivity contribution in [3.8, 4) is 6.07 Å². The van der Waals surface area contributed by atoms with E-state index in [0.29, 0.717) is 5.56 Å². The van der Waals surface area contributed by atoms with Crippen LogP contribution in [0.4, 0.5) is 0 Å². The molecule has 0 aliphatic heterocycles. The summed E-state index contributed by atoms with van der Waals surface area (Å²) >= 11 is 0. The molecule has 0 aromatic heterocycles. The summed E-state index contributed by atoms with van der Waals surface area (Å²) in [5, 5.41) is 13.6. The van der Waals surface area contributed by atoms with Gasteiger partial charge in [0.1, 0.15) is 6.04 Å². The van der Waals surface area contributed by atoms with Gasteiger partial charge in [-0.05, 0) is 12.1 Å². The Morgan fingerprint density at radius 2 is 1.91 bits per heavy atom. The number of hydrogen-bond acceptors (Lipinski definition) is 5. The van der Waals surface area contributed by atoms with Gasteiger partial charge in [0.05, 0.1) is 19.7 Å². The Bertz CT molecular complexity index is 595. The summed E-state index contributed by atoms with van der Waals surface area (Å²) in [4.78, 5) is 35.4. The molecule has 1 aromatic carbocycles. The molecule has 0 saturated heterocycles. The third-order valence-corrected chi connectivity index (χ3v) is 3.20. The smallest absolute Gasteiger partial charge is 0.328 e. The number of amides is 2. The number of nitrogens with zero attached hydrogens (tertiary/aromatic N) is 1. The van der Waals surface area contributed by atoms with Gasteiger partial charge in [0.2, 0.25) is 5.91 Å². The Labute approximate surface area is 134 Å². The van der Waals surface area contributed by atoms with Gasteiger partial charge in [0.25, 0.3) is 5.91 Å². The van der Waals surface area contributed by atoms with Crippen molar-refractivity contribution in [1.29, 1.82) is 5.26 Å². The summed E-state index contributed by atoms with van der Waals surface area (Å²) in [7, 11) is 1.21. The van der Waals surface area contributed by atoms with E-state index in [2.05, 4.69) is 15.4 Å². The summed E-state index contributed by atoms with van der Waals surface area (Å²) in [6, 6.07) is 9.47. The zero-order chi connectivity index (χ0) is 17.2. The number of hydrogen-bond donors (Lipinski definition) is 2. The monoisotopic (exact) mass is 317 g/mol. The molecular weight excluding hydrogens is 298 g/mol. The lowest BCUT2D eigenvalue weighted by Gasteiger charge is -2.21. The molecule has 0 aliphatic carbocycles. The van der Waals surface area contributed by atoms with Crippen molar-refractivity contribution in [2.75, 3.05) is 13.7 Å². The summed E-state index contributed by atoms with van der Waals surface area (Å²) in [5.41, 5.74) is 0.433. The fourth-order valence-corrected chi connectivity index (χ4v) is 1.90. The van der Waals surface area contributed by atoms with E-state index in [9.17, 15) is 14.4 Å². The predicted octanol–water partition coefficient (Wildman–Crippen LogP) is 0.624. The van der Waals surface area contributed by atoms with Crippen LogP contribution in [-0.2, 0) is 14.3 Å². The van der Waals surface area contributed by atoms with Crippen LogP contribution in [0.2, 0.25) is 0 Å². The molecule has 2 amide bonds. The second-order valence-corrected chi connectivity index (χ2v) is 4.96. The SMILES string of the molecule is COC(=O)[C@H](NC(=O)CNC(=O)c1ccccc1)[C@H](C)CC#N. The summed E-state index contributed by atoms with van der Waals surface area (Å²) in [6.45, 7) is 1.38. The summed E-state index contributed by atoms with van der Waals surface area (Å²) in [6.07, 6.45) is 0.0937. The van der Waals surface area contributed by atoms with Gasteiger partial charge in [-0.1, -0.05) is 25.1 Å². The molecule has 0 saturated carbocycles. The van der Waals surface area contributed by atoms with Gasteiger partial charge in [-0.15, -0.1) is 0 Å². The first kappa shape index (κ1) is 18.2. The molecule has 122 valence electrons. The molecule has 0 bridgehead atoms. The highest BCUT2D eigenvalue weighted by Crippen LogP contribution is 2.09. The normalized spacial score (nSPS) is 12.4. The van der Waals surface area contributed by atoms with Crippen LogP contribution in [0.5, 0.6) is 0 Å². The van der Waals surface area contributed by atoms with E-state index in [-0.39, 0.29) is 18.9 Å². The number of benzene rings is 1. The second kappa shape index (κ2) is 9.20. The fourth-order valence-electron chi connectivity index (χ4n) is 1.90. The van der Waals surface area contributed by atoms with E-state index in [1.54, 1.807) is 37.3 Å². The van der Waals surface area contributed by atoms with Gasteiger partial charge in [-0.2, -0.15) is 5.26 Å². The van der Waals surface area contributed by atoms with Gasteiger partial charge in [-0.25, -0.2) is 4.79 Å². The molecule has 0 radical (unpaired) electrons. The van der Waals surface area contributed by atoms with Crippen LogP contribution in [-0.4, -0.2) is 37.5 Å². The van der Waals surface area contributed by atoms with Crippen LogP contribution in [0.1, 0.15) is 23.7 Å². The molecule has 0 fully saturated rings. The van der Waals surface area contributed by atoms with Crippen molar-refractivity contribution in [3.63, 3.8) is 0 Å². The fraction of sp³-hybridized carbons (Fsp3) is 0.375. The zero-order valence-corrected chi connectivity index (χ0v) is 13.0. The van der Waals surface area contributed by atoms with Gasteiger partial charge >= 0.3 is 5.97 Å². The Morgan fingerprint density at radius 3 is 2.48 bits per heavy atom. The standard InChI is InChI=1S/C16H19N3O4/c1-11(8-9-17)14(16(22)23-2)19-13(20)10-18-15(21)12-6-4-3-5-7-12/h3-7,11,14H,8,10H2,1-2H3,(H,18,21)(H,19,20)/t11-,14-/m1/s1. The molecule has 2 N–H and O–H groups in total. The number of carbonyl (C=O) groups excluding carboxylic acids is 3. The average Bonchev–Trinajstić information content (AvgIpc) is 2.57. The lowest BCUT2D eigenvalue weighted by atomic mass is 9.99. The minimum atomic E-state index is -0.930. The number of nitriles is 1. The number of methoxy groups -OCH3 is 1. The zero-order valence-electron chi connectivity index (χ0n) is 13.0. The molecule has 7 nitrogen and oxygen atoms in total. The Kier molecular flexibility index (Phi) is 7.27. The summed E-state index contributed by atoms with van der Waals surface area (Å²) in [5.74, 6) is -1.95. The van der Waals surface area contributed by atoms with E-state index in [1.807, 2.05) is 6.07 Å². The maximum absolute atomic E-state index is 11.9. The highest BCUT2D eigenvalue weighted by Gasteiger charge is 2.27. The molecule has 1 aromatic rings. The van der Waals surface area contributed by atoms with Crippen LogP contribution >= 0.6 is 0 Å². The van der Waals surface area contributed by atoms with Crippen molar-refractivity contribution in [1.82, 2.24) is 10.6 Å². The Hall–Kier alpha value is -2.88. The van der Waals surface area contributed by atoms with E-state index in [0.717, 1.165) is 0 Å². The quantitative estimate of drug-likeness (QED) is 0.717. The van der Waals surface area contributed by atoms with Gasteiger partial charge < -0.3 is 15.4 Å². The van der Waals surface area contributed by atoms with Crippen molar-refractivity contribution in [2.45, 2.75) is 19.4 Å². The highest BCUT2D eigenvalue weighted by molar-refractivity contribution is 5.96. The minimum absolute atomic E-state index is 0.0937. The third kappa shape index (κ3) is 5.79. The molecule has 0 unspecified atom stereocenters. The van der Waals surface area contributed by atoms with Crippen molar-refractivity contribution in [2.24, 2.45) is 5.92 Å². The first-order valence-corrected chi connectivity index (χ1v) is 7.07. The van der Waals surface area contributed by atoms with Crippen molar-refractivity contribution in [3.05, 3.63) is 35.9 Å². The van der Waals surface area contributed by atoms with E-state index >= 15 is 0 Å². The molecular formula is C16H19N3O4. The van der Waals surface area contributed by atoms with Crippen LogP contribution in [0.3, 0.4) is 0 Å². The highest BCUT2D eigenvalue weighted by atomic mass is 16.5. The van der Waals surface area contributed by atoms with Crippen molar-refractivity contribution >= 4 is 17.8 Å². The predicted molar refractivity (Wildman–Crippen MR) is 82.1 cm³/mol. The number of rotatable bonds is 7. The number of nitrogens with one attached hydrogen (secondary N) is 2. The second-order valence-electron chi connectivity index (χ2n) is 4.96. The van der Waals surface area contributed by atoms with E-state index < -0.39 is 23.8 Å². The molecule has 1 rings (SSSR count). The largest absolute Gasteiger partial charge is 0.467 e. The molecule has 0 aliphatic rings. The molecule has 7 heteroatoms. The minimum Gasteiger partial charge on any atom is -0.467 e. The van der Waals surface area contributed by atoms with Gasteiger partial charge in [-0.3, -0.25) is 9.59 Å². The van der Waals surface area contributed by atoms with Crippen LogP contribution in [0.15, 0.2) is 30.3 Å². The summed E-state index contributed by atoms with van der Waals surface area (Å²) < 4.78 is 4.63. The molecule has 23 heavy (non-hydrogen) atoms. The van der Waals surface area contributed by atoms with E-state index in [1.165, 1.54) is 7.11 Å². The van der Waals surface area contributed by atoms with Crippen LogP contribution < -0.4 is 10.6 Å². The topological polar surface area (TPSA) is 108 Å². The maximum atomic E-state index is 11.9. The van der Waals surface area contributed by atoms with E-state index in [4.69, 9.17) is 5.26 Å².